The molecule has 0 radical (unpaired) electrons. The molecule has 1 aromatic heterocycles. The molecule has 0 aliphatic carbocycles. The lowest BCUT2D eigenvalue weighted by atomic mass is 10.1. The highest BCUT2D eigenvalue weighted by molar-refractivity contribution is 6.07. The van der Waals surface area contributed by atoms with Crippen LogP contribution in [0.2, 0.25) is 0 Å². The third kappa shape index (κ3) is 3.91. The summed E-state index contributed by atoms with van der Waals surface area (Å²) in [4.78, 5) is 24.9. The molecule has 0 fully saturated rings. The van der Waals surface area contributed by atoms with Gasteiger partial charge in [0.05, 0.1) is 12.7 Å². The van der Waals surface area contributed by atoms with E-state index in [0.29, 0.717) is 33.8 Å². The lowest BCUT2D eigenvalue weighted by Crippen LogP contribution is -2.14. The number of hydrogen-bond donors (Lipinski definition) is 3. The molecule has 8 heteroatoms. The van der Waals surface area contributed by atoms with E-state index >= 15 is 0 Å². The van der Waals surface area contributed by atoms with Crippen molar-refractivity contribution in [3.63, 3.8) is 0 Å². The minimum absolute atomic E-state index is 0.268. The van der Waals surface area contributed by atoms with Crippen molar-refractivity contribution in [1.29, 1.82) is 0 Å². The third-order valence-corrected chi connectivity index (χ3v) is 4.33. The Labute approximate surface area is 165 Å². The van der Waals surface area contributed by atoms with Gasteiger partial charge in [0.25, 0.3) is 11.8 Å². The molecule has 0 aliphatic rings. The van der Waals surface area contributed by atoms with E-state index in [-0.39, 0.29) is 11.8 Å². The molecule has 4 aromatic rings. The minimum Gasteiger partial charge on any atom is -0.496 e. The van der Waals surface area contributed by atoms with Gasteiger partial charge in [-0.05, 0) is 54.6 Å². The summed E-state index contributed by atoms with van der Waals surface area (Å²) in [5.41, 5.74) is 3.46. The molecule has 0 bridgehead atoms. The second-order valence-electron chi connectivity index (χ2n) is 6.21. The number of amides is 2. The largest absolute Gasteiger partial charge is 0.496 e. The zero-order chi connectivity index (χ0) is 20.2. The Hall–Kier alpha value is -4.20. The first-order valence-electron chi connectivity index (χ1n) is 8.80. The van der Waals surface area contributed by atoms with Gasteiger partial charge in [-0.25, -0.2) is 0 Å². The summed E-state index contributed by atoms with van der Waals surface area (Å²) in [6.45, 7) is 0. The normalized spacial score (nSPS) is 10.5. The van der Waals surface area contributed by atoms with Gasteiger partial charge in [0.15, 0.2) is 0 Å². The van der Waals surface area contributed by atoms with E-state index in [4.69, 9.17) is 4.74 Å². The molecule has 1 heterocycles. The molecule has 2 amide bonds. The first-order chi connectivity index (χ1) is 14.1. The fraction of sp³-hybridized carbons (Fsp3) is 0.0476. The van der Waals surface area contributed by atoms with Gasteiger partial charge in [-0.15, -0.1) is 0 Å². The van der Waals surface area contributed by atoms with Crippen molar-refractivity contribution >= 4 is 34.2 Å². The molecule has 4 rings (SSSR count). The standard InChI is InChI=1S/C21H17N5O3/c1-29-19-5-3-2-4-16(19)21(28)22-14-8-6-13(7-9-14)20(27)23-15-10-11-17-18(12-15)25-26-24-17/h2-12H,1H3,(H,22,28)(H,23,27)(H,24,25,26). The molecule has 3 N–H and O–H groups in total. The van der Waals surface area contributed by atoms with Crippen LogP contribution in [0.3, 0.4) is 0 Å². The number of rotatable bonds is 5. The summed E-state index contributed by atoms with van der Waals surface area (Å²) in [7, 11) is 1.51. The van der Waals surface area contributed by atoms with E-state index in [1.165, 1.54) is 7.11 Å². The molecule has 0 unspecified atom stereocenters. The number of nitrogens with one attached hydrogen (secondary N) is 3. The summed E-state index contributed by atoms with van der Waals surface area (Å²) in [5, 5.41) is 16.1. The number of aromatic nitrogens is 3. The Morgan fingerprint density at radius 2 is 1.52 bits per heavy atom. The second kappa shape index (κ2) is 7.81. The van der Waals surface area contributed by atoms with Gasteiger partial charge in [-0.1, -0.05) is 12.1 Å². The van der Waals surface area contributed by atoms with Gasteiger partial charge in [-0.3, -0.25) is 9.59 Å². The van der Waals surface area contributed by atoms with E-state index in [1.54, 1.807) is 66.7 Å². The zero-order valence-electron chi connectivity index (χ0n) is 15.5. The molecule has 3 aromatic carbocycles. The van der Waals surface area contributed by atoms with Crippen LogP contribution in [-0.4, -0.2) is 34.3 Å². The number of hydrogen-bond acceptors (Lipinski definition) is 5. The highest BCUT2D eigenvalue weighted by atomic mass is 16.5. The Balaban J connectivity index is 1.44. The predicted octanol–water partition coefficient (Wildman–Crippen LogP) is 3.47. The lowest BCUT2D eigenvalue weighted by Gasteiger charge is -2.10. The number of nitrogens with zero attached hydrogens (tertiary/aromatic N) is 2. The number of fused-ring (bicyclic) bond motifs is 1. The molecule has 0 atom stereocenters. The summed E-state index contributed by atoms with van der Waals surface area (Å²) >= 11 is 0. The van der Waals surface area contributed by atoms with Crippen molar-refractivity contribution in [2.45, 2.75) is 0 Å². The molecular formula is C21H17N5O3. The maximum absolute atomic E-state index is 12.5. The number of aromatic amines is 1. The number of anilines is 2. The van der Waals surface area contributed by atoms with E-state index in [1.807, 2.05) is 0 Å². The van der Waals surface area contributed by atoms with Crippen molar-refractivity contribution in [3.8, 4) is 5.75 Å². The average molecular weight is 387 g/mol. The van der Waals surface area contributed by atoms with Crippen LogP contribution < -0.4 is 15.4 Å². The first-order valence-corrected chi connectivity index (χ1v) is 8.80. The van der Waals surface area contributed by atoms with Crippen molar-refractivity contribution in [1.82, 2.24) is 15.4 Å². The van der Waals surface area contributed by atoms with E-state index < -0.39 is 0 Å². The van der Waals surface area contributed by atoms with Gasteiger partial charge in [-0.2, -0.15) is 15.4 Å². The molecule has 144 valence electrons. The van der Waals surface area contributed by atoms with Crippen LogP contribution in [0.5, 0.6) is 5.75 Å². The van der Waals surface area contributed by atoms with Crippen molar-refractivity contribution in [2.24, 2.45) is 0 Å². The number of para-hydroxylation sites is 1. The summed E-state index contributed by atoms with van der Waals surface area (Å²) in [6.07, 6.45) is 0. The highest BCUT2D eigenvalue weighted by Gasteiger charge is 2.12. The molecular weight excluding hydrogens is 370 g/mol. The van der Waals surface area contributed by atoms with E-state index in [9.17, 15) is 9.59 Å². The van der Waals surface area contributed by atoms with E-state index in [0.717, 1.165) is 5.52 Å². The second-order valence-corrected chi connectivity index (χ2v) is 6.21. The van der Waals surface area contributed by atoms with Gasteiger partial charge in [0.1, 0.15) is 16.8 Å². The Morgan fingerprint density at radius 3 is 2.31 bits per heavy atom. The molecule has 0 saturated carbocycles. The maximum atomic E-state index is 12.5. The highest BCUT2D eigenvalue weighted by Crippen LogP contribution is 2.20. The fourth-order valence-electron chi connectivity index (χ4n) is 2.86. The molecule has 0 saturated heterocycles. The van der Waals surface area contributed by atoms with Gasteiger partial charge in [0, 0.05) is 16.9 Å². The van der Waals surface area contributed by atoms with Crippen LogP contribution in [0.1, 0.15) is 20.7 Å². The van der Waals surface area contributed by atoms with Gasteiger partial charge >= 0.3 is 0 Å². The first kappa shape index (κ1) is 18.2. The van der Waals surface area contributed by atoms with Crippen molar-refractivity contribution < 1.29 is 14.3 Å². The number of methoxy groups -OCH3 is 1. The molecule has 8 nitrogen and oxygen atoms in total. The SMILES string of the molecule is COc1ccccc1C(=O)Nc1ccc(C(=O)Nc2ccc3n[nH]nc3c2)cc1. The van der Waals surface area contributed by atoms with Crippen LogP contribution in [-0.2, 0) is 0 Å². The number of benzene rings is 3. The smallest absolute Gasteiger partial charge is 0.259 e. The van der Waals surface area contributed by atoms with Crippen LogP contribution in [0.25, 0.3) is 11.0 Å². The molecule has 29 heavy (non-hydrogen) atoms. The number of ether oxygens (including phenoxy) is 1. The quantitative estimate of drug-likeness (QED) is 0.486. The molecule has 0 aliphatic heterocycles. The van der Waals surface area contributed by atoms with Gasteiger partial charge < -0.3 is 15.4 Å². The third-order valence-electron chi connectivity index (χ3n) is 4.33. The number of carbonyl (C=O) groups is 2. The summed E-state index contributed by atoms with van der Waals surface area (Å²) < 4.78 is 5.21. The van der Waals surface area contributed by atoms with Crippen LogP contribution >= 0.6 is 0 Å². The average Bonchev–Trinajstić information content (AvgIpc) is 3.22. The summed E-state index contributed by atoms with van der Waals surface area (Å²) in [5.74, 6) is -0.0684. The lowest BCUT2D eigenvalue weighted by molar-refractivity contribution is 0.101. The van der Waals surface area contributed by atoms with Crippen LogP contribution in [0.4, 0.5) is 11.4 Å². The Morgan fingerprint density at radius 1 is 0.828 bits per heavy atom. The van der Waals surface area contributed by atoms with Crippen molar-refractivity contribution in [2.75, 3.05) is 17.7 Å². The Bertz CT molecular complexity index is 1180. The van der Waals surface area contributed by atoms with Gasteiger partial charge in [0.2, 0.25) is 0 Å². The Kier molecular flexibility index (Phi) is 4.90. The summed E-state index contributed by atoms with van der Waals surface area (Å²) in [6, 6.07) is 18.8. The minimum atomic E-state index is -0.291. The zero-order valence-corrected chi connectivity index (χ0v) is 15.5. The number of H-pyrrole nitrogens is 1. The number of carbonyl (C=O) groups excluding carboxylic acids is 2. The van der Waals surface area contributed by atoms with Crippen molar-refractivity contribution in [3.05, 3.63) is 77.9 Å². The molecule has 0 spiro atoms. The monoisotopic (exact) mass is 387 g/mol. The van der Waals surface area contributed by atoms with E-state index in [2.05, 4.69) is 26.0 Å². The van der Waals surface area contributed by atoms with Crippen LogP contribution in [0.15, 0.2) is 66.7 Å². The fourth-order valence-corrected chi connectivity index (χ4v) is 2.86. The topological polar surface area (TPSA) is 109 Å². The maximum Gasteiger partial charge on any atom is 0.259 e. The van der Waals surface area contributed by atoms with Crippen LogP contribution in [0, 0.1) is 0 Å². The predicted molar refractivity (Wildman–Crippen MR) is 109 cm³/mol.